The van der Waals surface area contributed by atoms with Gasteiger partial charge in [-0.05, 0) is 55.8 Å². The summed E-state index contributed by atoms with van der Waals surface area (Å²) in [6.07, 6.45) is 0. The van der Waals surface area contributed by atoms with E-state index in [0.717, 1.165) is 10.5 Å². The Morgan fingerprint density at radius 1 is 1.00 bits per heavy atom. The number of hydrogen-bond acceptors (Lipinski definition) is 4. The lowest BCUT2D eigenvalue weighted by Gasteiger charge is -2.13. The van der Waals surface area contributed by atoms with Crippen LogP contribution < -0.4 is 10.0 Å². The van der Waals surface area contributed by atoms with E-state index in [1.807, 2.05) is 37.3 Å². The Morgan fingerprint density at radius 3 is 2.42 bits per heavy atom. The third-order valence-electron chi connectivity index (χ3n) is 4.55. The van der Waals surface area contributed by atoms with Gasteiger partial charge in [0, 0.05) is 22.8 Å². The van der Waals surface area contributed by atoms with Gasteiger partial charge in [-0.2, -0.15) is 0 Å². The Hall–Kier alpha value is -2.48. The number of halogens is 1. The van der Waals surface area contributed by atoms with Gasteiger partial charge in [-0.25, -0.2) is 8.42 Å². The smallest absolute Gasteiger partial charge is 0.263 e. The zero-order chi connectivity index (χ0) is 22.4. The molecule has 0 saturated heterocycles. The molecule has 0 aromatic heterocycles. The SMILES string of the molecule is Cc1ccc(SCCNC(=O)c2ccc(Cl)c(S(=O)(=O)Nc3ccccc3C)c2)cc1. The Kier molecular flexibility index (Phi) is 7.64. The molecule has 0 radical (unpaired) electrons. The summed E-state index contributed by atoms with van der Waals surface area (Å²) in [5.74, 6) is 0.344. The van der Waals surface area contributed by atoms with Crippen molar-refractivity contribution in [2.24, 2.45) is 0 Å². The van der Waals surface area contributed by atoms with Crippen molar-refractivity contribution >= 4 is 45.0 Å². The van der Waals surface area contributed by atoms with E-state index in [9.17, 15) is 13.2 Å². The molecule has 0 saturated carbocycles. The third-order valence-corrected chi connectivity index (χ3v) is 7.41. The highest BCUT2D eigenvalue weighted by molar-refractivity contribution is 7.99. The molecular weight excluding hydrogens is 452 g/mol. The fraction of sp³-hybridized carbons (Fsp3) is 0.174. The Labute approximate surface area is 192 Å². The van der Waals surface area contributed by atoms with Gasteiger partial charge in [-0.15, -0.1) is 11.8 Å². The normalized spacial score (nSPS) is 11.2. The van der Waals surface area contributed by atoms with E-state index in [2.05, 4.69) is 10.0 Å². The second-order valence-corrected chi connectivity index (χ2v) is 10.2. The molecule has 0 heterocycles. The van der Waals surface area contributed by atoms with E-state index in [1.54, 1.807) is 36.9 Å². The molecule has 0 fully saturated rings. The molecule has 0 aliphatic carbocycles. The van der Waals surface area contributed by atoms with E-state index >= 15 is 0 Å². The van der Waals surface area contributed by atoms with E-state index < -0.39 is 10.0 Å². The maximum Gasteiger partial charge on any atom is 0.263 e. The van der Waals surface area contributed by atoms with Crippen LogP contribution in [-0.2, 0) is 10.0 Å². The zero-order valence-corrected chi connectivity index (χ0v) is 19.6. The Morgan fingerprint density at radius 2 is 1.71 bits per heavy atom. The summed E-state index contributed by atoms with van der Waals surface area (Å²) in [5.41, 5.74) is 2.67. The number of amides is 1. The van der Waals surface area contributed by atoms with Gasteiger partial charge in [-0.3, -0.25) is 9.52 Å². The predicted molar refractivity (Wildman–Crippen MR) is 128 cm³/mol. The van der Waals surface area contributed by atoms with Crippen molar-refractivity contribution in [3.63, 3.8) is 0 Å². The fourth-order valence-corrected chi connectivity index (χ4v) is 5.23. The van der Waals surface area contributed by atoms with Crippen LogP contribution in [-0.4, -0.2) is 26.6 Å². The summed E-state index contributed by atoms with van der Waals surface area (Å²) in [6.45, 7) is 4.28. The summed E-state index contributed by atoms with van der Waals surface area (Å²) in [6, 6.07) is 19.4. The second kappa shape index (κ2) is 10.2. The quantitative estimate of drug-likeness (QED) is 0.344. The van der Waals surface area contributed by atoms with Crippen LogP contribution in [0.15, 0.2) is 76.5 Å². The number of carbonyl (C=O) groups is 1. The second-order valence-electron chi connectivity index (χ2n) is 6.98. The first kappa shape index (κ1) is 23.2. The van der Waals surface area contributed by atoms with Gasteiger partial charge in [0.05, 0.1) is 10.7 Å². The minimum absolute atomic E-state index is 0.0487. The monoisotopic (exact) mass is 474 g/mol. The molecule has 2 N–H and O–H groups in total. The molecule has 3 aromatic carbocycles. The molecule has 3 rings (SSSR count). The number of hydrogen-bond donors (Lipinski definition) is 2. The average molecular weight is 475 g/mol. The Bertz CT molecular complexity index is 1180. The van der Waals surface area contributed by atoms with Gasteiger partial charge in [-0.1, -0.05) is 47.5 Å². The molecule has 3 aromatic rings. The van der Waals surface area contributed by atoms with Crippen molar-refractivity contribution in [2.45, 2.75) is 23.6 Å². The molecule has 0 aliphatic rings. The van der Waals surface area contributed by atoms with Crippen LogP contribution in [0.2, 0.25) is 5.02 Å². The lowest BCUT2D eigenvalue weighted by atomic mass is 10.2. The van der Waals surface area contributed by atoms with E-state index in [0.29, 0.717) is 18.0 Å². The van der Waals surface area contributed by atoms with Crippen molar-refractivity contribution in [1.82, 2.24) is 5.32 Å². The number of carbonyl (C=O) groups excluding carboxylic acids is 1. The number of sulfonamides is 1. The van der Waals surface area contributed by atoms with E-state index in [-0.39, 0.29) is 21.4 Å². The molecule has 0 aliphatic heterocycles. The van der Waals surface area contributed by atoms with Crippen molar-refractivity contribution in [3.8, 4) is 0 Å². The molecule has 0 bridgehead atoms. The van der Waals surface area contributed by atoms with Crippen LogP contribution in [0.25, 0.3) is 0 Å². The van der Waals surface area contributed by atoms with Gasteiger partial charge < -0.3 is 5.32 Å². The molecule has 1 amide bonds. The van der Waals surface area contributed by atoms with Crippen LogP contribution in [0.4, 0.5) is 5.69 Å². The number of anilines is 1. The van der Waals surface area contributed by atoms with Gasteiger partial charge in [0.1, 0.15) is 4.90 Å². The van der Waals surface area contributed by atoms with Gasteiger partial charge in [0.25, 0.3) is 15.9 Å². The number of benzene rings is 3. The van der Waals surface area contributed by atoms with Crippen molar-refractivity contribution in [1.29, 1.82) is 0 Å². The number of aryl methyl sites for hydroxylation is 2. The first-order chi connectivity index (χ1) is 14.8. The minimum atomic E-state index is -3.95. The van der Waals surface area contributed by atoms with Crippen LogP contribution in [0.5, 0.6) is 0 Å². The molecule has 8 heteroatoms. The van der Waals surface area contributed by atoms with Crippen molar-refractivity contribution in [2.75, 3.05) is 17.0 Å². The average Bonchev–Trinajstić information content (AvgIpc) is 2.74. The number of para-hydroxylation sites is 1. The number of nitrogens with one attached hydrogen (secondary N) is 2. The molecule has 0 spiro atoms. The maximum atomic E-state index is 12.9. The van der Waals surface area contributed by atoms with Gasteiger partial charge >= 0.3 is 0 Å². The van der Waals surface area contributed by atoms with Crippen LogP contribution in [0, 0.1) is 13.8 Å². The minimum Gasteiger partial charge on any atom is -0.351 e. The lowest BCUT2D eigenvalue weighted by Crippen LogP contribution is -2.26. The highest BCUT2D eigenvalue weighted by atomic mass is 35.5. The van der Waals surface area contributed by atoms with Crippen molar-refractivity contribution in [3.05, 3.63) is 88.4 Å². The summed E-state index contributed by atoms with van der Waals surface area (Å²) in [7, 11) is -3.95. The maximum absolute atomic E-state index is 12.9. The first-order valence-corrected chi connectivity index (χ1v) is 12.5. The topological polar surface area (TPSA) is 75.3 Å². The van der Waals surface area contributed by atoms with E-state index in [1.165, 1.54) is 23.8 Å². The fourth-order valence-electron chi connectivity index (χ4n) is 2.81. The summed E-state index contributed by atoms with van der Waals surface area (Å²) in [4.78, 5) is 13.5. The number of thioether (sulfide) groups is 1. The molecule has 0 unspecified atom stereocenters. The predicted octanol–water partition coefficient (Wildman–Crippen LogP) is 5.28. The summed E-state index contributed by atoms with van der Waals surface area (Å²) in [5, 5.41) is 2.87. The van der Waals surface area contributed by atoms with E-state index in [4.69, 9.17) is 11.6 Å². The van der Waals surface area contributed by atoms with Gasteiger partial charge in [0.2, 0.25) is 0 Å². The van der Waals surface area contributed by atoms with Crippen molar-refractivity contribution < 1.29 is 13.2 Å². The molecule has 0 atom stereocenters. The van der Waals surface area contributed by atoms with Crippen LogP contribution in [0.3, 0.4) is 0 Å². The molecular formula is C23H23ClN2O3S2. The highest BCUT2D eigenvalue weighted by Gasteiger charge is 2.21. The lowest BCUT2D eigenvalue weighted by molar-refractivity contribution is 0.0956. The summed E-state index contributed by atoms with van der Waals surface area (Å²) >= 11 is 7.78. The van der Waals surface area contributed by atoms with Crippen LogP contribution in [0.1, 0.15) is 21.5 Å². The number of rotatable bonds is 8. The zero-order valence-electron chi connectivity index (χ0n) is 17.2. The molecule has 5 nitrogen and oxygen atoms in total. The van der Waals surface area contributed by atoms with Crippen LogP contribution >= 0.6 is 23.4 Å². The Balaban J connectivity index is 1.66. The molecule has 31 heavy (non-hydrogen) atoms. The van der Waals surface area contributed by atoms with Gasteiger partial charge in [0.15, 0.2) is 0 Å². The standard InChI is InChI=1S/C23H23ClN2O3S2/c1-16-7-10-19(11-8-16)30-14-13-25-23(27)18-9-12-20(24)22(15-18)31(28,29)26-21-6-4-3-5-17(21)2/h3-12,15,26H,13-14H2,1-2H3,(H,25,27). The summed E-state index contributed by atoms with van der Waals surface area (Å²) < 4.78 is 28.3. The first-order valence-electron chi connectivity index (χ1n) is 9.62. The molecule has 162 valence electrons. The highest BCUT2D eigenvalue weighted by Crippen LogP contribution is 2.26. The largest absolute Gasteiger partial charge is 0.351 e. The third kappa shape index (κ3) is 6.26.